The topological polar surface area (TPSA) is 55.6 Å². The minimum atomic E-state index is -0.593. The summed E-state index contributed by atoms with van der Waals surface area (Å²) in [5.41, 5.74) is 4.94. The molecule has 0 bridgehead atoms. The number of ether oxygens (including phenoxy) is 1. The first kappa shape index (κ1) is 11.9. The molecule has 84 valence electrons. The van der Waals surface area contributed by atoms with Crippen molar-refractivity contribution in [3.05, 3.63) is 24.0 Å². The summed E-state index contributed by atoms with van der Waals surface area (Å²) in [6, 6.07) is 0. The SMILES string of the molecule is CC(C)(C)OC(=O)N1C=CC(N)=CC1Cl. The molecule has 1 aliphatic heterocycles. The van der Waals surface area contributed by atoms with Crippen LogP contribution in [0.3, 0.4) is 0 Å². The predicted molar refractivity (Wildman–Crippen MR) is 59.1 cm³/mol. The van der Waals surface area contributed by atoms with Crippen LogP contribution in [0.2, 0.25) is 0 Å². The lowest BCUT2D eigenvalue weighted by Gasteiger charge is -2.28. The number of allylic oxidation sites excluding steroid dienone is 1. The van der Waals surface area contributed by atoms with Gasteiger partial charge in [0.05, 0.1) is 0 Å². The van der Waals surface area contributed by atoms with Crippen molar-refractivity contribution >= 4 is 17.7 Å². The summed E-state index contributed by atoms with van der Waals surface area (Å²) in [7, 11) is 0. The molecule has 1 amide bonds. The van der Waals surface area contributed by atoms with Crippen LogP contribution in [-0.4, -0.2) is 22.1 Å². The Hall–Kier alpha value is -1.16. The van der Waals surface area contributed by atoms with Gasteiger partial charge < -0.3 is 10.5 Å². The average Bonchev–Trinajstić information content (AvgIpc) is 1.99. The molecule has 15 heavy (non-hydrogen) atoms. The van der Waals surface area contributed by atoms with Gasteiger partial charge in [-0.1, -0.05) is 11.6 Å². The van der Waals surface area contributed by atoms with Crippen molar-refractivity contribution in [2.24, 2.45) is 5.73 Å². The number of halogens is 1. The quantitative estimate of drug-likeness (QED) is 0.513. The van der Waals surface area contributed by atoms with Gasteiger partial charge in [-0.05, 0) is 32.9 Å². The van der Waals surface area contributed by atoms with Crippen molar-refractivity contribution in [2.45, 2.75) is 31.9 Å². The maximum atomic E-state index is 11.6. The van der Waals surface area contributed by atoms with Crippen LogP contribution in [-0.2, 0) is 4.74 Å². The highest BCUT2D eigenvalue weighted by atomic mass is 35.5. The van der Waals surface area contributed by atoms with Crippen LogP contribution in [0.4, 0.5) is 4.79 Å². The van der Waals surface area contributed by atoms with Gasteiger partial charge in [-0.2, -0.15) is 0 Å². The van der Waals surface area contributed by atoms with Gasteiger partial charge in [-0.15, -0.1) is 0 Å². The normalized spacial score (nSPS) is 21.2. The monoisotopic (exact) mass is 230 g/mol. The van der Waals surface area contributed by atoms with Gasteiger partial charge in [-0.25, -0.2) is 4.79 Å². The molecule has 0 aromatic rings. The van der Waals surface area contributed by atoms with E-state index in [2.05, 4.69) is 0 Å². The summed E-state index contributed by atoms with van der Waals surface area (Å²) in [5, 5.41) is 0. The van der Waals surface area contributed by atoms with Crippen molar-refractivity contribution in [3.63, 3.8) is 0 Å². The first-order chi connectivity index (χ1) is 6.79. The average molecular weight is 231 g/mol. The van der Waals surface area contributed by atoms with E-state index in [0.29, 0.717) is 5.70 Å². The molecule has 1 rings (SSSR count). The van der Waals surface area contributed by atoms with Gasteiger partial charge in [0.25, 0.3) is 0 Å². The summed E-state index contributed by atoms with van der Waals surface area (Å²) in [5.74, 6) is 0. The summed E-state index contributed by atoms with van der Waals surface area (Å²) in [6.07, 6.45) is 4.21. The third-order valence-corrected chi connectivity index (χ3v) is 1.96. The second-order valence-electron chi connectivity index (χ2n) is 4.24. The van der Waals surface area contributed by atoms with E-state index < -0.39 is 17.2 Å². The molecule has 0 radical (unpaired) electrons. The molecule has 5 heteroatoms. The Balaban J connectivity index is 2.67. The Morgan fingerprint density at radius 1 is 1.60 bits per heavy atom. The number of hydrogen-bond donors (Lipinski definition) is 1. The second kappa shape index (κ2) is 4.14. The highest BCUT2D eigenvalue weighted by Gasteiger charge is 2.26. The Morgan fingerprint density at radius 3 is 2.67 bits per heavy atom. The van der Waals surface area contributed by atoms with E-state index >= 15 is 0 Å². The van der Waals surface area contributed by atoms with E-state index in [1.54, 1.807) is 32.9 Å². The maximum Gasteiger partial charge on any atom is 0.415 e. The van der Waals surface area contributed by atoms with Gasteiger partial charge >= 0.3 is 6.09 Å². The molecule has 1 aliphatic rings. The zero-order valence-corrected chi connectivity index (χ0v) is 9.78. The van der Waals surface area contributed by atoms with E-state index in [9.17, 15) is 4.79 Å². The van der Waals surface area contributed by atoms with E-state index in [-0.39, 0.29) is 0 Å². The van der Waals surface area contributed by atoms with Gasteiger partial charge in [0.2, 0.25) is 0 Å². The maximum absolute atomic E-state index is 11.6. The lowest BCUT2D eigenvalue weighted by atomic mass is 10.2. The van der Waals surface area contributed by atoms with Crippen LogP contribution in [0, 0.1) is 0 Å². The zero-order valence-electron chi connectivity index (χ0n) is 9.03. The summed E-state index contributed by atoms with van der Waals surface area (Å²) in [6.45, 7) is 5.39. The Kier molecular flexibility index (Phi) is 3.29. The van der Waals surface area contributed by atoms with Crippen LogP contribution in [0.5, 0.6) is 0 Å². The fourth-order valence-corrected chi connectivity index (χ4v) is 1.31. The fourth-order valence-electron chi connectivity index (χ4n) is 1.02. The molecular formula is C10H15ClN2O2. The fraction of sp³-hybridized carbons (Fsp3) is 0.500. The van der Waals surface area contributed by atoms with Crippen LogP contribution in [0.1, 0.15) is 20.8 Å². The molecule has 1 atom stereocenters. The number of nitrogens with zero attached hydrogens (tertiary/aromatic N) is 1. The summed E-state index contributed by atoms with van der Waals surface area (Å²) < 4.78 is 5.16. The first-order valence-electron chi connectivity index (χ1n) is 4.60. The third-order valence-electron chi connectivity index (χ3n) is 1.63. The minimum Gasteiger partial charge on any atom is -0.443 e. The second-order valence-corrected chi connectivity index (χ2v) is 4.69. The highest BCUT2D eigenvalue weighted by molar-refractivity contribution is 6.22. The molecule has 2 N–H and O–H groups in total. The van der Waals surface area contributed by atoms with Crippen molar-refractivity contribution in [1.82, 2.24) is 4.90 Å². The molecule has 0 aromatic heterocycles. The standard InChI is InChI=1S/C10H15ClN2O2/c1-10(2,3)15-9(14)13-5-4-7(12)6-8(13)11/h4-6,8H,12H2,1-3H3. The number of hydrogen-bond acceptors (Lipinski definition) is 3. The van der Waals surface area contributed by atoms with Crippen molar-refractivity contribution in [2.75, 3.05) is 0 Å². The summed E-state index contributed by atoms with van der Waals surface area (Å²) in [4.78, 5) is 12.9. The first-order valence-corrected chi connectivity index (χ1v) is 5.04. The van der Waals surface area contributed by atoms with Gasteiger partial charge in [-0.3, -0.25) is 4.90 Å². The van der Waals surface area contributed by atoms with Crippen molar-refractivity contribution in [3.8, 4) is 0 Å². The molecule has 1 heterocycles. The minimum absolute atomic E-state index is 0.484. The zero-order chi connectivity index (χ0) is 11.6. The number of carbonyl (C=O) groups is 1. The Bertz CT molecular complexity index is 318. The van der Waals surface area contributed by atoms with Crippen LogP contribution in [0.15, 0.2) is 24.0 Å². The number of alkyl halides is 1. The van der Waals surface area contributed by atoms with E-state index in [4.69, 9.17) is 22.1 Å². The lowest BCUT2D eigenvalue weighted by molar-refractivity contribution is 0.0332. The number of carbonyl (C=O) groups excluding carboxylic acids is 1. The van der Waals surface area contributed by atoms with E-state index in [1.807, 2.05) is 0 Å². The van der Waals surface area contributed by atoms with Gasteiger partial charge in [0.1, 0.15) is 11.1 Å². The molecule has 0 aromatic carbocycles. The molecule has 0 aliphatic carbocycles. The molecule has 0 saturated carbocycles. The van der Waals surface area contributed by atoms with Crippen LogP contribution >= 0.6 is 11.6 Å². The summed E-state index contributed by atoms with van der Waals surface area (Å²) >= 11 is 5.92. The smallest absolute Gasteiger partial charge is 0.415 e. The predicted octanol–water partition coefficient (Wildman–Crippen LogP) is 2.16. The van der Waals surface area contributed by atoms with Crippen LogP contribution < -0.4 is 5.73 Å². The van der Waals surface area contributed by atoms with E-state index in [1.165, 1.54) is 11.1 Å². The number of amides is 1. The molecule has 0 fully saturated rings. The molecule has 0 saturated heterocycles. The van der Waals surface area contributed by atoms with Crippen molar-refractivity contribution in [1.29, 1.82) is 0 Å². The van der Waals surface area contributed by atoms with Gasteiger partial charge in [0, 0.05) is 11.9 Å². The number of nitrogens with two attached hydrogens (primary N) is 1. The third kappa shape index (κ3) is 3.47. The number of rotatable bonds is 0. The van der Waals surface area contributed by atoms with Crippen molar-refractivity contribution < 1.29 is 9.53 Å². The van der Waals surface area contributed by atoms with Gasteiger partial charge in [0.15, 0.2) is 0 Å². The van der Waals surface area contributed by atoms with E-state index in [0.717, 1.165) is 0 Å². The van der Waals surface area contributed by atoms with Crippen LogP contribution in [0.25, 0.3) is 0 Å². The Labute approximate surface area is 94.3 Å². The molecule has 4 nitrogen and oxygen atoms in total. The molecular weight excluding hydrogens is 216 g/mol. The Morgan fingerprint density at radius 2 is 2.20 bits per heavy atom. The lowest BCUT2D eigenvalue weighted by Crippen LogP contribution is -2.38. The largest absolute Gasteiger partial charge is 0.443 e. The highest BCUT2D eigenvalue weighted by Crippen LogP contribution is 2.18. The molecule has 0 spiro atoms. The molecule has 1 unspecified atom stereocenters.